The molecule has 3 atom stereocenters. The number of likely N-dealkylation sites (tertiary alicyclic amines) is 2. The van der Waals surface area contributed by atoms with Crippen molar-refractivity contribution in [3.05, 3.63) is 70.8 Å². The number of hydrogen-bond donors (Lipinski definition) is 0. The summed E-state index contributed by atoms with van der Waals surface area (Å²) in [5.74, 6) is 1.90. The average Bonchev–Trinajstić information content (AvgIpc) is 3.18. The quantitative estimate of drug-likeness (QED) is 0.780. The molecule has 2 heterocycles. The molecule has 3 heteroatoms. The molecule has 3 nitrogen and oxygen atoms in total. The molecule has 2 aromatic carbocycles. The Morgan fingerprint density at radius 3 is 2.43 bits per heavy atom. The van der Waals surface area contributed by atoms with Gasteiger partial charge in [-0.2, -0.15) is 0 Å². The Balaban J connectivity index is 1.63. The van der Waals surface area contributed by atoms with Gasteiger partial charge in [0.05, 0.1) is 6.04 Å². The van der Waals surface area contributed by atoms with Crippen molar-refractivity contribution in [3.63, 3.8) is 0 Å². The minimum absolute atomic E-state index is 0.180. The SMILES string of the molecule is Cc1ccccc1[C@@H]1[C@H]2CN(C)C[C@H]2CN1C(=O)c1ccc(CC(C)C)cc1. The normalized spacial score (nSPS) is 24.8. The third-order valence-electron chi connectivity index (χ3n) is 6.46. The van der Waals surface area contributed by atoms with Gasteiger partial charge in [-0.15, -0.1) is 0 Å². The first-order valence-electron chi connectivity index (χ1n) is 10.6. The zero-order chi connectivity index (χ0) is 19.8. The van der Waals surface area contributed by atoms with Crippen LogP contribution in [0.15, 0.2) is 48.5 Å². The molecule has 0 radical (unpaired) electrons. The molecular weight excluding hydrogens is 344 g/mol. The minimum atomic E-state index is 0.180. The largest absolute Gasteiger partial charge is 0.331 e. The molecule has 28 heavy (non-hydrogen) atoms. The first-order chi connectivity index (χ1) is 13.4. The first kappa shape index (κ1) is 19.2. The van der Waals surface area contributed by atoms with Crippen LogP contribution in [0, 0.1) is 24.7 Å². The number of benzene rings is 2. The predicted molar refractivity (Wildman–Crippen MR) is 114 cm³/mol. The summed E-state index contributed by atoms with van der Waals surface area (Å²) in [6.07, 6.45) is 1.06. The smallest absolute Gasteiger partial charge is 0.254 e. The number of carbonyl (C=O) groups is 1. The Morgan fingerprint density at radius 1 is 1.04 bits per heavy atom. The highest BCUT2D eigenvalue weighted by molar-refractivity contribution is 5.94. The number of carbonyl (C=O) groups excluding carboxylic acids is 1. The van der Waals surface area contributed by atoms with Gasteiger partial charge >= 0.3 is 0 Å². The van der Waals surface area contributed by atoms with E-state index in [-0.39, 0.29) is 11.9 Å². The van der Waals surface area contributed by atoms with Crippen molar-refractivity contribution in [2.75, 3.05) is 26.7 Å². The first-order valence-corrected chi connectivity index (χ1v) is 10.6. The van der Waals surface area contributed by atoms with Crippen LogP contribution in [0.3, 0.4) is 0 Å². The summed E-state index contributed by atoms with van der Waals surface area (Å²) in [5.41, 5.74) is 4.73. The molecule has 0 unspecified atom stereocenters. The van der Waals surface area contributed by atoms with Gasteiger partial charge in [-0.25, -0.2) is 0 Å². The Hall–Kier alpha value is -2.13. The summed E-state index contributed by atoms with van der Waals surface area (Å²) in [4.78, 5) is 18.1. The summed E-state index contributed by atoms with van der Waals surface area (Å²) >= 11 is 0. The van der Waals surface area contributed by atoms with E-state index < -0.39 is 0 Å². The van der Waals surface area contributed by atoms with Crippen molar-refractivity contribution in [3.8, 4) is 0 Å². The number of fused-ring (bicyclic) bond motifs is 1. The summed E-state index contributed by atoms with van der Waals surface area (Å²) < 4.78 is 0. The molecule has 0 aromatic heterocycles. The monoisotopic (exact) mass is 376 g/mol. The fourth-order valence-electron chi connectivity index (χ4n) is 5.21. The Kier molecular flexibility index (Phi) is 5.29. The molecule has 0 saturated carbocycles. The number of nitrogens with zero attached hydrogens (tertiary/aromatic N) is 2. The zero-order valence-electron chi connectivity index (χ0n) is 17.6. The molecule has 148 valence electrons. The van der Waals surface area contributed by atoms with Gasteiger partial charge in [-0.3, -0.25) is 4.79 Å². The molecule has 2 aromatic rings. The number of aryl methyl sites for hydroxylation is 1. The van der Waals surface area contributed by atoms with Crippen LogP contribution in [-0.2, 0) is 6.42 Å². The van der Waals surface area contributed by atoms with E-state index in [1.54, 1.807) is 0 Å². The molecule has 0 spiro atoms. The van der Waals surface area contributed by atoms with E-state index >= 15 is 0 Å². The highest BCUT2D eigenvalue weighted by atomic mass is 16.2. The van der Waals surface area contributed by atoms with Gasteiger partial charge in [0.1, 0.15) is 0 Å². The molecule has 2 aliphatic heterocycles. The van der Waals surface area contributed by atoms with Gasteiger partial charge in [0.2, 0.25) is 0 Å². The standard InChI is InChI=1S/C25H32N2O/c1-17(2)13-19-9-11-20(12-10-19)25(28)27-15-21-14-26(4)16-23(21)24(27)22-8-6-5-7-18(22)3/h5-12,17,21,23-24H,13-16H2,1-4H3/t21-,23-,24+/m0/s1. The van der Waals surface area contributed by atoms with Crippen LogP contribution in [0.5, 0.6) is 0 Å². The van der Waals surface area contributed by atoms with Crippen LogP contribution in [0.1, 0.15) is 46.9 Å². The highest BCUT2D eigenvalue weighted by Crippen LogP contribution is 2.45. The summed E-state index contributed by atoms with van der Waals surface area (Å²) in [5, 5.41) is 0. The topological polar surface area (TPSA) is 23.6 Å². The maximum Gasteiger partial charge on any atom is 0.254 e. The van der Waals surface area contributed by atoms with Crippen LogP contribution in [0.4, 0.5) is 0 Å². The molecule has 0 aliphatic carbocycles. The maximum absolute atomic E-state index is 13.5. The van der Waals surface area contributed by atoms with Gasteiger partial charge in [0.15, 0.2) is 0 Å². The number of amides is 1. The zero-order valence-corrected chi connectivity index (χ0v) is 17.6. The van der Waals surface area contributed by atoms with Crippen molar-refractivity contribution in [1.29, 1.82) is 0 Å². The fourth-order valence-corrected chi connectivity index (χ4v) is 5.21. The highest BCUT2D eigenvalue weighted by Gasteiger charge is 2.48. The molecule has 0 bridgehead atoms. The van der Waals surface area contributed by atoms with Gasteiger partial charge in [0.25, 0.3) is 5.91 Å². The molecule has 1 amide bonds. The lowest BCUT2D eigenvalue weighted by Crippen LogP contribution is -2.35. The minimum Gasteiger partial charge on any atom is -0.331 e. The van der Waals surface area contributed by atoms with E-state index in [9.17, 15) is 4.79 Å². The molecular formula is C25H32N2O. The predicted octanol–water partition coefficient (Wildman–Crippen LogP) is 4.57. The van der Waals surface area contributed by atoms with Gasteiger partial charge in [-0.05, 0) is 61.1 Å². The molecule has 2 saturated heterocycles. The third-order valence-corrected chi connectivity index (χ3v) is 6.46. The lowest BCUT2D eigenvalue weighted by Gasteiger charge is -2.30. The number of rotatable bonds is 4. The van der Waals surface area contributed by atoms with E-state index in [0.717, 1.165) is 31.6 Å². The summed E-state index contributed by atoms with van der Waals surface area (Å²) in [7, 11) is 2.20. The van der Waals surface area contributed by atoms with Crippen LogP contribution < -0.4 is 0 Å². The van der Waals surface area contributed by atoms with E-state index in [2.05, 4.69) is 74.0 Å². The van der Waals surface area contributed by atoms with E-state index in [4.69, 9.17) is 0 Å². The van der Waals surface area contributed by atoms with Crippen molar-refractivity contribution < 1.29 is 4.79 Å². The average molecular weight is 377 g/mol. The number of hydrogen-bond acceptors (Lipinski definition) is 2. The Morgan fingerprint density at radius 2 is 1.75 bits per heavy atom. The Bertz CT molecular complexity index is 842. The lowest BCUT2D eigenvalue weighted by molar-refractivity contribution is 0.0703. The van der Waals surface area contributed by atoms with Crippen molar-refractivity contribution in [1.82, 2.24) is 9.80 Å². The van der Waals surface area contributed by atoms with E-state index in [1.165, 1.54) is 16.7 Å². The third kappa shape index (κ3) is 3.60. The van der Waals surface area contributed by atoms with Crippen LogP contribution in [0.25, 0.3) is 0 Å². The van der Waals surface area contributed by atoms with Crippen molar-refractivity contribution in [2.24, 2.45) is 17.8 Å². The van der Waals surface area contributed by atoms with Crippen molar-refractivity contribution in [2.45, 2.75) is 33.2 Å². The van der Waals surface area contributed by atoms with Gasteiger partial charge < -0.3 is 9.80 Å². The second-order valence-corrected chi connectivity index (χ2v) is 9.20. The van der Waals surface area contributed by atoms with Crippen LogP contribution in [-0.4, -0.2) is 42.4 Å². The van der Waals surface area contributed by atoms with Crippen molar-refractivity contribution >= 4 is 5.91 Å². The fraction of sp³-hybridized carbons (Fsp3) is 0.480. The maximum atomic E-state index is 13.5. The van der Waals surface area contributed by atoms with Crippen LogP contribution >= 0.6 is 0 Å². The van der Waals surface area contributed by atoms with E-state index in [0.29, 0.717) is 17.8 Å². The summed E-state index contributed by atoms with van der Waals surface area (Å²) in [6.45, 7) is 9.65. The summed E-state index contributed by atoms with van der Waals surface area (Å²) in [6, 6.07) is 17.1. The van der Waals surface area contributed by atoms with Gasteiger partial charge in [-0.1, -0.05) is 50.2 Å². The van der Waals surface area contributed by atoms with Gasteiger partial charge in [0, 0.05) is 31.1 Å². The lowest BCUT2D eigenvalue weighted by atomic mass is 9.87. The van der Waals surface area contributed by atoms with Crippen LogP contribution in [0.2, 0.25) is 0 Å². The molecule has 0 N–H and O–H groups in total. The molecule has 4 rings (SSSR count). The molecule has 2 fully saturated rings. The van der Waals surface area contributed by atoms with E-state index in [1.807, 2.05) is 12.1 Å². The molecule has 2 aliphatic rings. The second kappa shape index (κ2) is 7.71. The Labute approximate surface area is 169 Å². The second-order valence-electron chi connectivity index (χ2n) is 9.20.